The Morgan fingerprint density at radius 3 is 2.20 bits per heavy atom. The minimum absolute atomic E-state index is 0.0383. The van der Waals surface area contributed by atoms with E-state index in [1.54, 1.807) is 0 Å². The maximum atomic E-state index is 14.0. The van der Waals surface area contributed by atoms with E-state index in [1.165, 1.54) is 31.2 Å². The van der Waals surface area contributed by atoms with Crippen LogP contribution >= 0.6 is 0 Å². The van der Waals surface area contributed by atoms with E-state index in [4.69, 9.17) is 10.5 Å². The topological polar surface area (TPSA) is 81.4 Å². The van der Waals surface area contributed by atoms with Gasteiger partial charge in [0.1, 0.15) is 41.4 Å². The largest absolute Gasteiger partial charge is 0.489 e. The highest BCUT2D eigenvalue weighted by atomic mass is 19.1. The highest BCUT2D eigenvalue weighted by Gasteiger charge is 2.22. The van der Waals surface area contributed by atoms with Crippen molar-refractivity contribution in [3.05, 3.63) is 65.0 Å². The Kier molecular flexibility index (Phi) is 5.63. The van der Waals surface area contributed by atoms with Gasteiger partial charge in [-0.3, -0.25) is 9.59 Å². The molecule has 3 N–H and O–H groups in total. The SMILES string of the molecule is CC(NC(=O)c1c(F)cc(OCc2ccc(F)cc2)cc1F)C(N)=O. The van der Waals surface area contributed by atoms with Crippen LogP contribution in [0.2, 0.25) is 0 Å². The standard InChI is InChI=1S/C17H15F3N2O3/c1-9(16(21)23)22-17(24)15-13(19)6-12(7-14(15)20)25-8-10-2-4-11(18)5-3-10/h2-7,9H,8H2,1H3,(H2,21,23)(H,22,24). The number of nitrogens with two attached hydrogens (primary N) is 1. The molecule has 0 aliphatic carbocycles. The number of carbonyl (C=O) groups excluding carboxylic acids is 2. The van der Waals surface area contributed by atoms with E-state index >= 15 is 0 Å². The lowest BCUT2D eigenvalue weighted by atomic mass is 10.1. The fourth-order valence-electron chi connectivity index (χ4n) is 1.94. The van der Waals surface area contributed by atoms with Crippen LogP contribution in [0.5, 0.6) is 5.75 Å². The molecule has 0 aliphatic heterocycles. The van der Waals surface area contributed by atoms with Crippen LogP contribution in [-0.4, -0.2) is 17.9 Å². The lowest BCUT2D eigenvalue weighted by Crippen LogP contribution is -2.42. The number of ether oxygens (including phenoxy) is 1. The molecule has 1 atom stereocenters. The third kappa shape index (κ3) is 4.72. The number of halogens is 3. The Morgan fingerprint density at radius 2 is 1.68 bits per heavy atom. The third-order valence-electron chi connectivity index (χ3n) is 3.34. The molecule has 2 aromatic carbocycles. The molecule has 2 amide bonds. The van der Waals surface area contributed by atoms with Crippen molar-refractivity contribution in [1.82, 2.24) is 5.32 Å². The second-order valence-electron chi connectivity index (χ2n) is 5.27. The molecule has 0 aliphatic rings. The number of hydrogen-bond acceptors (Lipinski definition) is 3. The monoisotopic (exact) mass is 352 g/mol. The zero-order valence-corrected chi connectivity index (χ0v) is 13.2. The first-order valence-corrected chi connectivity index (χ1v) is 7.24. The molecule has 0 bridgehead atoms. The zero-order valence-electron chi connectivity index (χ0n) is 13.2. The van der Waals surface area contributed by atoms with Crippen LogP contribution in [0.15, 0.2) is 36.4 Å². The van der Waals surface area contributed by atoms with Crippen molar-refractivity contribution in [3.8, 4) is 5.75 Å². The lowest BCUT2D eigenvalue weighted by molar-refractivity contribution is -0.119. The summed E-state index contributed by atoms with van der Waals surface area (Å²) in [7, 11) is 0. The van der Waals surface area contributed by atoms with E-state index in [-0.39, 0.29) is 12.4 Å². The number of benzene rings is 2. The van der Waals surface area contributed by atoms with Crippen molar-refractivity contribution in [1.29, 1.82) is 0 Å². The number of carbonyl (C=O) groups is 2. The molecule has 0 saturated heterocycles. The quantitative estimate of drug-likeness (QED) is 0.837. The summed E-state index contributed by atoms with van der Waals surface area (Å²) in [5, 5.41) is 2.09. The van der Waals surface area contributed by atoms with Gasteiger partial charge in [0, 0.05) is 12.1 Å². The maximum absolute atomic E-state index is 14.0. The summed E-state index contributed by atoms with van der Waals surface area (Å²) in [4.78, 5) is 22.8. The van der Waals surface area contributed by atoms with Crippen molar-refractivity contribution < 1.29 is 27.5 Å². The van der Waals surface area contributed by atoms with E-state index in [2.05, 4.69) is 5.32 Å². The second kappa shape index (κ2) is 7.69. The molecule has 5 nitrogen and oxygen atoms in total. The Hall–Kier alpha value is -3.03. The molecule has 2 aromatic rings. The van der Waals surface area contributed by atoms with Crippen LogP contribution < -0.4 is 15.8 Å². The Labute approximate surface area is 141 Å². The van der Waals surface area contributed by atoms with Gasteiger partial charge in [-0.2, -0.15) is 0 Å². The van der Waals surface area contributed by atoms with E-state index < -0.39 is 40.9 Å². The molecule has 2 rings (SSSR count). The molecule has 0 heterocycles. The Bertz CT molecular complexity index is 771. The summed E-state index contributed by atoms with van der Waals surface area (Å²) >= 11 is 0. The fraction of sp³-hybridized carbons (Fsp3) is 0.176. The van der Waals surface area contributed by atoms with Crippen LogP contribution in [0.1, 0.15) is 22.8 Å². The van der Waals surface area contributed by atoms with Crippen molar-refractivity contribution in [2.45, 2.75) is 19.6 Å². The Morgan fingerprint density at radius 1 is 1.12 bits per heavy atom. The first-order chi connectivity index (χ1) is 11.8. The minimum Gasteiger partial charge on any atom is -0.489 e. The van der Waals surface area contributed by atoms with E-state index in [0.29, 0.717) is 5.56 Å². The van der Waals surface area contributed by atoms with Gasteiger partial charge in [-0.25, -0.2) is 13.2 Å². The molecule has 0 radical (unpaired) electrons. The average Bonchev–Trinajstić information content (AvgIpc) is 2.53. The summed E-state index contributed by atoms with van der Waals surface area (Å²) in [6, 6.07) is 6.00. The summed E-state index contributed by atoms with van der Waals surface area (Å²) in [5.74, 6) is -4.80. The number of primary amides is 1. The van der Waals surface area contributed by atoms with Gasteiger partial charge in [-0.15, -0.1) is 0 Å². The lowest BCUT2D eigenvalue weighted by Gasteiger charge is -2.13. The van der Waals surface area contributed by atoms with E-state index in [1.807, 2.05) is 0 Å². The molecule has 8 heteroatoms. The van der Waals surface area contributed by atoms with Crippen molar-refractivity contribution in [2.75, 3.05) is 0 Å². The average molecular weight is 352 g/mol. The van der Waals surface area contributed by atoms with Crippen LogP contribution in [0.25, 0.3) is 0 Å². The predicted octanol–water partition coefficient (Wildman–Crippen LogP) is 2.29. The molecule has 1 unspecified atom stereocenters. The van der Waals surface area contributed by atoms with Crippen LogP contribution in [-0.2, 0) is 11.4 Å². The van der Waals surface area contributed by atoms with E-state index in [9.17, 15) is 22.8 Å². The normalized spacial score (nSPS) is 11.7. The van der Waals surface area contributed by atoms with Gasteiger partial charge >= 0.3 is 0 Å². The maximum Gasteiger partial charge on any atom is 0.257 e. The third-order valence-corrected chi connectivity index (χ3v) is 3.34. The van der Waals surface area contributed by atoms with E-state index in [0.717, 1.165) is 12.1 Å². The summed E-state index contributed by atoms with van der Waals surface area (Å²) in [6.45, 7) is 1.25. The molecule has 0 saturated carbocycles. The molecule has 132 valence electrons. The molecule has 0 spiro atoms. The smallest absolute Gasteiger partial charge is 0.257 e. The van der Waals surface area contributed by atoms with Gasteiger partial charge in [-0.1, -0.05) is 12.1 Å². The van der Waals surface area contributed by atoms with Gasteiger partial charge in [0.05, 0.1) is 0 Å². The van der Waals surface area contributed by atoms with Gasteiger partial charge in [0.2, 0.25) is 5.91 Å². The summed E-state index contributed by atoms with van der Waals surface area (Å²) < 4.78 is 46.1. The van der Waals surface area contributed by atoms with Crippen molar-refractivity contribution >= 4 is 11.8 Å². The highest BCUT2D eigenvalue weighted by Crippen LogP contribution is 2.22. The summed E-state index contributed by atoms with van der Waals surface area (Å²) in [5.41, 5.74) is 4.73. The van der Waals surface area contributed by atoms with Crippen LogP contribution in [0.4, 0.5) is 13.2 Å². The first kappa shape index (κ1) is 18.3. The number of hydrogen-bond donors (Lipinski definition) is 2. The summed E-state index contributed by atoms with van der Waals surface area (Å²) in [6.07, 6.45) is 0. The number of amides is 2. The first-order valence-electron chi connectivity index (χ1n) is 7.24. The zero-order chi connectivity index (χ0) is 18.6. The van der Waals surface area contributed by atoms with Crippen LogP contribution in [0.3, 0.4) is 0 Å². The van der Waals surface area contributed by atoms with Crippen molar-refractivity contribution in [2.24, 2.45) is 5.73 Å². The van der Waals surface area contributed by atoms with Crippen LogP contribution in [0, 0.1) is 17.5 Å². The molecular formula is C17H15F3N2O3. The van der Waals surface area contributed by atoms with Gasteiger partial charge < -0.3 is 15.8 Å². The van der Waals surface area contributed by atoms with Gasteiger partial charge in [-0.05, 0) is 24.6 Å². The number of rotatable bonds is 6. The molecular weight excluding hydrogens is 337 g/mol. The molecule has 25 heavy (non-hydrogen) atoms. The Balaban J connectivity index is 2.12. The number of nitrogens with one attached hydrogen (secondary N) is 1. The fourth-order valence-corrected chi connectivity index (χ4v) is 1.94. The van der Waals surface area contributed by atoms with Gasteiger partial charge in [0.25, 0.3) is 5.91 Å². The molecule has 0 fully saturated rings. The van der Waals surface area contributed by atoms with Crippen molar-refractivity contribution in [3.63, 3.8) is 0 Å². The minimum atomic E-state index is -1.15. The molecule has 0 aromatic heterocycles. The second-order valence-corrected chi connectivity index (χ2v) is 5.27. The van der Waals surface area contributed by atoms with Gasteiger partial charge in [0.15, 0.2) is 0 Å². The predicted molar refractivity (Wildman–Crippen MR) is 83.2 cm³/mol. The highest BCUT2D eigenvalue weighted by molar-refractivity contribution is 5.97.